The first kappa shape index (κ1) is 5.88. The number of ether oxygens (including phenoxy) is 2. The molecule has 1 saturated heterocycles. The van der Waals surface area contributed by atoms with Crippen molar-refractivity contribution in [1.82, 2.24) is 0 Å². The summed E-state index contributed by atoms with van der Waals surface area (Å²) in [5, 5.41) is 0. The van der Waals surface area contributed by atoms with Crippen molar-refractivity contribution in [2.75, 3.05) is 6.61 Å². The van der Waals surface area contributed by atoms with Crippen molar-refractivity contribution in [2.45, 2.75) is 0 Å². The predicted octanol–water partition coefficient (Wildman–Crippen LogP) is 0.587. The van der Waals surface area contributed by atoms with Crippen LogP contribution in [-0.2, 0) is 14.3 Å². The van der Waals surface area contributed by atoms with Crippen LogP contribution in [0.15, 0.2) is 24.7 Å². The predicted molar refractivity (Wildman–Crippen MR) is 30.3 cm³/mol. The van der Waals surface area contributed by atoms with Gasteiger partial charge < -0.3 is 9.47 Å². The molecular formula is C6H6O3. The quantitative estimate of drug-likeness (QED) is 0.235. The zero-order valence-electron chi connectivity index (χ0n) is 4.79. The summed E-state index contributed by atoms with van der Waals surface area (Å²) in [4.78, 5) is 10.4. The average molecular weight is 126 g/mol. The van der Waals surface area contributed by atoms with Gasteiger partial charge in [0.15, 0.2) is 0 Å². The van der Waals surface area contributed by atoms with E-state index in [4.69, 9.17) is 0 Å². The summed E-state index contributed by atoms with van der Waals surface area (Å²) in [7, 11) is 0. The highest BCUT2D eigenvalue weighted by Crippen LogP contribution is 2.13. The number of hydrogen-bond acceptors (Lipinski definition) is 3. The molecule has 0 unspecified atom stereocenters. The SMILES string of the molecule is C=COC(=O)C=C1CO1. The van der Waals surface area contributed by atoms with E-state index in [2.05, 4.69) is 16.1 Å². The van der Waals surface area contributed by atoms with Crippen molar-refractivity contribution in [1.29, 1.82) is 0 Å². The van der Waals surface area contributed by atoms with Crippen molar-refractivity contribution in [3.8, 4) is 0 Å². The fourth-order valence-corrected chi connectivity index (χ4v) is 0.373. The fraction of sp³-hybridized carbons (Fsp3) is 0.167. The van der Waals surface area contributed by atoms with Crippen LogP contribution in [0.2, 0.25) is 0 Å². The second-order valence-corrected chi connectivity index (χ2v) is 1.50. The highest BCUT2D eigenvalue weighted by atomic mass is 16.6. The van der Waals surface area contributed by atoms with Crippen LogP contribution in [0.5, 0.6) is 0 Å². The molecule has 0 N–H and O–H groups in total. The van der Waals surface area contributed by atoms with E-state index >= 15 is 0 Å². The van der Waals surface area contributed by atoms with E-state index in [1.807, 2.05) is 0 Å². The molecule has 1 rings (SSSR count). The van der Waals surface area contributed by atoms with Gasteiger partial charge in [-0.15, -0.1) is 0 Å². The molecule has 48 valence electrons. The van der Waals surface area contributed by atoms with Gasteiger partial charge >= 0.3 is 5.97 Å². The van der Waals surface area contributed by atoms with Gasteiger partial charge in [-0.3, -0.25) is 0 Å². The van der Waals surface area contributed by atoms with E-state index in [1.165, 1.54) is 6.08 Å². The summed E-state index contributed by atoms with van der Waals surface area (Å²) in [6.07, 6.45) is 2.38. The lowest BCUT2D eigenvalue weighted by Crippen LogP contribution is -1.92. The molecule has 0 bridgehead atoms. The molecule has 3 nitrogen and oxygen atoms in total. The van der Waals surface area contributed by atoms with E-state index in [1.54, 1.807) is 0 Å². The van der Waals surface area contributed by atoms with Gasteiger partial charge in [-0.05, 0) is 0 Å². The van der Waals surface area contributed by atoms with Gasteiger partial charge in [0.2, 0.25) is 0 Å². The molecule has 0 aromatic rings. The van der Waals surface area contributed by atoms with Gasteiger partial charge in [-0.1, -0.05) is 6.58 Å². The molecule has 3 heteroatoms. The Morgan fingerprint density at radius 3 is 3.00 bits per heavy atom. The van der Waals surface area contributed by atoms with Crippen LogP contribution in [0.1, 0.15) is 0 Å². The molecule has 9 heavy (non-hydrogen) atoms. The summed E-state index contributed by atoms with van der Waals surface area (Å²) in [6.45, 7) is 3.76. The third-order valence-electron chi connectivity index (χ3n) is 0.789. The summed E-state index contributed by atoms with van der Waals surface area (Å²) in [6, 6.07) is 0. The van der Waals surface area contributed by atoms with Gasteiger partial charge in [-0.2, -0.15) is 0 Å². The monoisotopic (exact) mass is 126 g/mol. The summed E-state index contributed by atoms with van der Waals surface area (Å²) in [5.74, 6) is 0.236. The number of esters is 1. The molecule has 1 heterocycles. The average Bonchev–Trinajstić information content (AvgIpc) is 2.50. The number of carbonyl (C=O) groups is 1. The topological polar surface area (TPSA) is 38.8 Å². The Labute approximate surface area is 52.6 Å². The van der Waals surface area contributed by atoms with E-state index in [0.29, 0.717) is 12.4 Å². The molecule has 0 atom stereocenters. The Hall–Kier alpha value is -1.25. The zero-order chi connectivity index (χ0) is 6.69. The van der Waals surface area contributed by atoms with Crippen molar-refractivity contribution < 1.29 is 14.3 Å². The molecule has 0 saturated carbocycles. The lowest BCUT2D eigenvalue weighted by Gasteiger charge is -1.85. The third kappa shape index (κ3) is 1.99. The van der Waals surface area contributed by atoms with E-state index in [9.17, 15) is 4.79 Å². The Morgan fingerprint density at radius 1 is 1.89 bits per heavy atom. The molecule has 1 fully saturated rings. The molecule has 0 aromatic heterocycles. The largest absolute Gasteiger partial charge is 0.486 e. The van der Waals surface area contributed by atoms with Crippen LogP contribution in [0.25, 0.3) is 0 Å². The number of hydrogen-bond donors (Lipinski definition) is 0. The van der Waals surface area contributed by atoms with Gasteiger partial charge in [0.25, 0.3) is 0 Å². The van der Waals surface area contributed by atoms with Gasteiger partial charge in [-0.25, -0.2) is 4.79 Å². The maximum absolute atomic E-state index is 10.4. The molecule has 0 spiro atoms. The third-order valence-corrected chi connectivity index (χ3v) is 0.789. The second-order valence-electron chi connectivity index (χ2n) is 1.50. The van der Waals surface area contributed by atoms with Gasteiger partial charge in [0, 0.05) is 0 Å². The number of epoxide rings is 1. The van der Waals surface area contributed by atoms with Crippen molar-refractivity contribution in [2.24, 2.45) is 0 Å². The van der Waals surface area contributed by atoms with E-state index < -0.39 is 5.97 Å². The normalized spacial score (nSPS) is 18.4. The van der Waals surface area contributed by atoms with Gasteiger partial charge in [0.1, 0.15) is 12.4 Å². The lowest BCUT2D eigenvalue weighted by molar-refractivity contribution is -0.132. The number of rotatable bonds is 2. The minimum Gasteiger partial charge on any atom is -0.486 e. The number of carbonyl (C=O) groups excluding carboxylic acids is 1. The minimum atomic E-state index is -0.433. The molecule has 0 aromatic carbocycles. The molecule has 1 aliphatic heterocycles. The van der Waals surface area contributed by atoms with Crippen LogP contribution in [-0.4, -0.2) is 12.6 Å². The van der Waals surface area contributed by atoms with E-state index in [-0.39, 0.29) is 0 Å². The Morgan fingerprint density at radius 2 is 2.56 bits per heavy atom. The van der Waals surface area contributed by atoms with Crippen molar-refractivity contribution >= 4 is 5.97 Å². The Balaban J connectivity index is 2.33. The highest BCUT2D eigenvalue weighted by Gasteiger charge is 2.14. The van der Waals surface area contributed by atoms with Crippen molar-refractivity contribution in [3.05, 3.63) is 24.7 Å². The molecule has 0 amide bonds. The summed E-state index contributed by atoms with van der Waals surface area (Å²) < 4.78 is 9.01. The van der Waals surface area contributed by atoms with Gasteiger partial charge in [0.05, 0.1) is 12.3 Å². The van der Waals surface area contributed by atoms with Crippen LogP contribution in [0.4, 0.5) is 0 Å². The molecule has 1 aliphatic rings. The van der Waals surface area contributed by atoms with Crippen LogP contribution < -0.4 is 0 Å². The first-order chi connectivity index (χ1) is 4.33. The van der Waals surface area contributed by atoms with Crippen molar-refractivity contribution in [3.63, 3.8) is 0 Å². The Kier molecular flexibility index (Phi) is 1.53. The highest BCUT2D eigenvalue weighted by molar-refractivity contribution is 5.83. The first-order valence-corrected chi connectivity index (χ1v) is 2.48. The van der Waals surface area contributed by atoms with Crippen LogP contribution >= 0.6 is 0 Å². The molecule has 0 aliphatic carbocycles. The standard InChI is InChI=1S/C6H6O3/c1-2-8-6(7)3-5-4-9-5/h2-3H,1,4H2. The Bertz CT molecular complexity index is 163. The lowest BCUT2D eigenvalue weighted by atomic mass is 10.5. The second kappa shape index (κ2) is 2.35. The zero-order valence-corrected chi connectivity index (χ0v) is 4.79. The fourth-order valence-electron chi connectivity index (χ4n) is 0.373. The summed E-state index contributed by atoms with van der Waals surface area (Å²) >= 11 is 0. The first-order valence-electron chi connectivity index (χ1n) is 2.48. The molecule has 0 radical (unpaired) electrons. The maximum Gasteiger partial charge on any atom is 0.339 e. The van der Waals surface area contributed by atoms with Crippen LogP contribution in [0.3, 0.4) is 0 Å². The minimum absolute atomic E-state index is 0.433. The molecular weight excluding hydrogens is 120 g/mol. The summed E-state index contributed by atoms with van der Waals surface area (Å²) in [5.41, 5.74) is 0. The smallest absolute Gasteiger partial charge is 0.339 e. The van der Waals surface area contributed by atoms with E-state index in [0.717, 1.165) is 6.26 Å². The van der Waals surface area contributed by atoms with Crippen LogP contribution in [0, 0.1) is 0 Å². The maximum atomic E-state index is 10.4.